The number of ether oxygens (including phenoxy) is 1. The Bertz CT molecular complexity index is 1070. The predicted octanol–water partition coefficient (Wildman–Crippen LogP) is 3.15. The number of nitrogens with one attached hydrogen (secondary N) is 2. The summed E-state index contributed by atoms with van der Waals surface area (Å²) in [5.74, 6) is 0.207. The monoisotopic (exact) mass is 427 g/mol. The van der Waals surface area contributed by atoms with Crippen molar-refractivity contribution in [1.29, 1.82) is 5.26 Å². The van der Waals surface area contributed by atoms with Crippen LogP contribution in [-0.2, 0) is 29.0 Å². The first-order valence-electron chi connectivity index (χ1n) is 10.3. The van der Waals surface area contributed by atoms with Gasteiger partial charge < -0.3 is 15.4 Å². The number of nitrogens with zero attached hydrogens (tertiary/aromatic N) is 1. The molecule has 1 atom stereocenters. The molecule has 0 spiro atoms. The molecule has 0 heterocycles. The highest BCUT2D eigenvalue weighted by Crippen LogP contribution is 2.12. The molecule has 0 aliphatic carbocycles. The SMILES string of the molecule is COc1ccc(CC(=O)NC(Cc2ccc(C#N)cc2)C(=O)NCc2ccccc2)cc1. The molecular formula is C26H25N3O3. The number of methoxy groups -OCH3 is 1. The van der Waals surface area contributed by atoms with Gasteiger partial charge in [-0.15, -0.1) is 0 Å². The molecule has 0 aromatic heterocycles. The number of hydrogen-bond acceptors (Lipinski definition) is 4. The van der Waals surface area contributed by atoms with Gasteiger partial charge in [-0.05, 0) is 41.0 Å². The maximum atomic E-state index is 12.9. The molecule has 2 N–H and O–H groups in total. The van der Waals surface area contributed by atoms with Crippen molar-refractivity contribution < 1.29 is 14.3 Å². The third-order valence-corrected chi connectivity index (χ3v) is 5.01. The summed E-state index contributed by atoms with van der Waals surface area (Å²) in [4.78, 5) is 25.6. The summed E-state index contributed by atoms with van der Waals surface area (Å²) in [5, 5.41) is 14.8. The normalized spacial score (nSPS) is 11.1. The Balaban J connectivity index is 1.68. The summed E-state index contributed by atoms with van der Waals surface area (Å²) in [6.45, 7) is 0.373. The molecule has 162 valence electrons. The van der Waals surface area contributed by atoms with Gasteiger partial charge in [-0.2, -0.15) is 5.26 Å². The lowest BCUT2D eigenvalue weighted by molar-refractivity contribution is -0.128. The van der Waals surface area contributed by atoms with Crippen molar-refractivity contribution in [2.24, 2.45) is 0 Å². The van der Waals surface area contributed by atoms with Crippen molar-refractivity contribution in [1.82, 2.24) is 10.6 Å². The van der Waals surface area contributed by atoms with Gasteiger partial charge in [0.2, 0.25) is 11.8 Å². The maximum absolute atomic E-state index is 12.9. The van der Waals surface area contributed by atoms with Crippen LogP contribution in [0, 0.1) is 11.3 Å². The highest BCUT2D eigenvalue weighted by atomic mass is 16.5. The number of rotatable bonds is 9. The Hall–Kier alpha value is -4.11. The molecule has 3 aromatic rings. The summed E-state index contributed by atoms with van der Waals surface area (Å²) in [7, 11) is 1.59. The van der Waals surface area contributed by atoms with E-state index in [0.717, 1.165) is 16.7 Å². The Morgan fingerprint density at radius 2 is 1.56 bits per heavy atom. The van der Waals surface area contributed by atoms with Gasteiger partial charge in [0, 0.05) is 13.0 Å². The van der Waals surface area contributed by atoms with Gasteiger partial charge in [-0.3, -0.25) is 9.59 Å². The van der Waals surface area contributed by atoms with Crippen molar-refractivity contribution in [3.63, 3.8) is 0 Å². The Morgan fingerprint density at radius 1 is 0.906 bits per heavy atom. The average molecular weight is 428 g/mol. The second kappa shape index (κ2) is 11.3. The lowest BCUT2D eigenvalue weighted by Crippen LogP contribution is -2.48. The molecule has 0 saturated heterocycles. The summed E-state index contributed by atoms with van der Waals surface area (Å²) in [5.41, 5.74) is 3.20. The van der Waals surface area contributed by atoms with Crippen LogP contribution in [0.3, 0.4) is 0 Å². The van der Waals surface area contributed by atoms with Crippen LogP contribution in [-0.4, -0.2) is 25.0 Å². The molecule has 0 saturated carbocycles. The molecular weight excluding hydrogens is 402 g/mol. The molecule has 0 aliphatic rings. The van der Waals surface area contributed by atoms with Gasteiger partial charge in [0.25, 0.3) is 0 Å². The summed E-state index contributed by atoms with van der Waals surface area (Å²) in [6, 6.07) is 25.2. The molecule has 3 rings (SSSR count). The van der Waals surface area contributed by atoms with Crippen molar-refractivity contribution in [3.05, 3.63) is 101 Å². The first kappa shape index (κ1) is 22.6. The minimum Gasteiger partial charge on any atom is -0.497 e. The lowest BCUT2D eigenvalue weighted by atomic mass is 10.0. The number of carbonyl (C=O) groups excluding carboxylic acids is 2. The third kappa shape index (κ3) is 6.71. The Morgan fingerprint density at radius 3 is 2.19 bits per heavy atom. The molecule has 32 heavy (non-hydrogen) atoms. The van der Waals surface area contributed by atoms with Gasteiger partial charge in [-0.1, -0.05) is 54.6 Å². The minimum absolute atomic E-state index is 0.153. The number of amides is 2. The van der Waals surface area contributed by atoms with Crippen molar-refractivity contribution in [3.8, 4) is 11.8 Å². The molecule has 0 radical (unpaired) electrons. The van der Waals surface area contributed by atoms with Gasteiger partial charge >= 0.3 is 0 Å². The van der Waals surface area contributed by atoms with Crippen molar-refractivity contribution in [2.45, 2.75) is 25.4 Å². The largest absolute Gasteiger partial charge is 0.497 e. The Labute approximate surface area is 187 Å². The zero-order valence-corrected chi connectivity index (χ0v) is 17.9. The van der Waals surface area contributed by atoms with Crippen LogP contribution in [0.1, 0.15) is 22.3 Å². The summed E-state index contributed by atoms with van der Waals surface area (Å²) < 4.78 is 5.14. The second-order valence-corrected chi connectivity index (χ2v) is 7.36. The standard InChI is InChI=1S/C26H25N3O3/c1-32-23-13-11-20(12-14-23)16-25(30)29-24(15-19-7-9-21(17-27)10-8-19)26(31)28-18-22-5-3-2-4-6-22/h2-14,24H,15-16,18H2,1H3,(H,28,31)(H,29,30). The average Bonchev–Trinajstić information content (AvgIpc) is 2.83. The van der Waals surface area contributed by atoms with E-state index in [1.54, 1.807) is 43.5 Å². The van der Waals surface area contributed by atoms with E-state index in [4.69, 9.17) is 10.00 Å². The fourth-order valence-corrected chi connectivity index (χ4v) is 3.24. The predicted molar refractivity (Wildman–Crippen MR) is 122 cm³/mol. The highest BCUT2D eigenvalue weighted by Gasteiger charge is 2.21. The first-order valence-corrected chi connectivity index (χ1v) is 10.3. The minimum atomic E-state index is -0.739. The zero-order valence-electron chi connectivity index (χ0n) is 17.9. The van der Waals surface area contributed by atoms with Crippen LogP contribution < -0.4 is 15.4 Å². The van der Waals surface area contributed by atoms with Crippen LogP contribution in [0.25, 0.3) is 0 Å². The third-order valence-electron chi connectivity index (χ3n) is 5.01. The number of benzene rings is 3. The molecule has 1 unspecified atom stereocenters. The van der Waals surface area contributed by atoms with Crippen molar-refractivity contribution >= 4 is 11.8 Å². The number of nitriles is 1. The maximum Gasteiger partial charge on any atom is 0.243 e. The smallest absolute Gasteiger partial charge is 0.243 e. The van der Waals surface area contributed by atoms with Crippen LogP contribution in [0.15, 0.2) is 78.9 Å². The van der Waals surface area contributed by atoms with E-state index in [2.05, 4.69) is 16.7 Å². The molecule has 2 amide bonds. The van der Waals surface area contributed by atoms with E-state index < -0.39 is 6.04 Å². The van der Waals surface area contributed by atoms with E-state index in [1.165, 1.54) is 0 Å². The number of carbonyl (C=O) groups is 2. The van der Waals surface area contributed by atoms with E-state index in [9.17, 15) is 9.59 Å². The summed E-state index contributed by atoms with van der Waals surface area (Å²) >= 11 is 0. The van der Waals surface area contributed by atoms with Gasteiger partial charge in [0.1, 0.15) is 11.8 Å². The molecule has 0 aliphatic heterocycles. The van der Waals surface area contributed by atoms with E-state index in [-0.39, 0.29) is 18.2 Å². The number of hydrogen-bond donors (Lipinski definition) is 2. The van der Waals surface area contributed by atoms with Gasteiger partial charge in [-0.25, -0.2) is 0 Å². The summed E-state index contributed by atoms with van der Waals surface area (Å²) in [6.07, 6.45) is 0.473. The fraction of sp³-hybridized carbons (Fsp3) is 0.192. The second-order valence-electron chi connectivity index (χ2n) is 7.36. The van der Waals surface area contributed by atoms with E-state index in [0.29, 0.717) is 24.3 Å². The zero-order chi connectivity index (χ0) is 22.8. The Kier molecular flexibility index (Phi) is 7.99. The van der Waals surface area contributed by atoms with Gasteiger partial charge in [0.05, 0.1) is 25.2 Å². The molecule has 0 bridgehead atoms. The van der Waals surface area contributed by atoms with Crippen molar-refractivity contribution in [2.75, 3.05) is 7.11 Å². The van der Waals surface area contributed by atoms with E-state index in [1.807, 2.05) is 42.5 Å². The fourth-order valence-electron chi connectivity index (χ4n) is 3.24. The van der Waals surface area contributed by atoms with Gasteiger partial charge in [0.15, 0.2) is 0 Å². The van der Waals surface area contributed by atoms with Crippen LogP contribution in [0.5, 0.6) is 5.75 Å². The van der Waals surface area contributed by atoms with Crippen LogP contribution in [0.4, 0.5) is 0 Å². The quantitative estimate of drug-likeness (QED) is 0.549. The topological polar surface area (TPSA) is 91.2 Å². The van der Waals surface area contributed by atoms with E-state index >= 15 is 0 Å². The highest BCUT2D eigenvalue weighted by molar-refractivity contribution is 5.88. The van der Waals surface area contributed by atoms with Crippen LogP contribution >= 0.6 is 0 Å². The molecule has 0 fully saturated rings. The first-order chi connectivity index (χ1) is 15.6. The molecule has 6 nitrogen and oxygen atoms in total. The lowest BCUT2D eigenvalue weighted by Gasteiger charge is -2.19. The molecule has 6 heteroatoms. The van der Waals surface area contributed by atoms with Crippen LogP contribution in [0.2, 0.25) is 0 Å². The molecule has 3 aromatic carbocycles.